The zero-order valence-electron chi connectivity index (χ0n) is 20.6. The first kappa shape index (κ1) is 29.1. The van der Waals surface area contributed by atoms with Crippen molar-refractivity contribution in [2.24, 2.45) is 0 Å². The Hall–Kier alpha value is -0.850. The van der Waals surface area contributed by atoms with Gasteiger partial charge in [0, 0.05) is 38.8 Å². The summed E-state index contributed by atoms with van der Waals surface area (Å²) in [6.07, 6.45) is 12.1. The van der Waals surface area contributed by atoms with Gasteiger partial charge in [0.2, 0.25) is 0 Å². The highest BCUT2D eigenvalue weighted by Crippen LogP contribution is 2.12. The number of urea groups is 1. The monoisotopic (exact) mass is 428 g/mol. The van der Waals surface area contributed by atoms with Crippen LogP contribution in [0.3, 0.4) is 0 Å². The van der Waals surface area contributed by atoms with E-state index >= 15 is 0 Å². The zero-order valence-corrected chi connectivity index (χ0v) is 20.6. The molecule has 0 aromatic rings. The van der Waals surface area contributed by atoms with E-state index in [1.807, 2.05) is 0 Å². The second-order valence-electron chi connectivity index (χ2n) is 8.39. The highest BCUT2D eigenvalue weighted by molar-refractivity contribution is 5.74. The maximum atomic E-state index is 12.4. The molecule has 180 valence electrons. The van der Waals surface area contributed by atoms with Crippen molar-refractivity contribution in [3.8, 4) is 0 Å². The van der Waals surface area contributed by atoms with Gasteiger partial charge in [-0.25, -0.2) is 4.79 Å². The van der Waals surface area contributed by atoms with Crippen LogP contribution in [0.5, 0.6) is 0 Å². The number of nitrogens with zero attached hydrogens (tertiary/aromatic N) is 2. The molecule has 0 fully saturated rings. The normalized spacial score (nSPS) is 11.6. The van der Waals surface area contributed by atoms with Crippen LogP contribution in [-0.2, 0) is 0 Å². The van der Waals surface area contributed by atoms with Crippen molar-refractivity contribution >= 4 is 6.03 Å². The second kappa shape index (κ2) is 21.4. The van der Waals surface area contributed by atoms with E-state index in [0.29, 0.717) is 13.1 Å². The average molecular weight is 429 g/mol. The van der Waals surface area contributed by atoms with Crippen LogP contribution < -0.4 is 10.6 Å². The third-order valence-corrected chi connectivity index (χ3v) is 5.90. The lowest BCUT2D eigenvalue weighted by molar-refractivity contribution is 0.172. The lowest BCUT2D eigenvalue weighted by Crippen LogP contribution is -2.45. The van der Waals surface area contributed by atoms with Crippen molar-refractivity contribution in [2.45, 2.75) is 97.9 Å². The summed E-state index contributed by atoms with van der Waals surface area (Å²) in [6.45, 7) is 15.0. The Morgan fingerprint density at radius 3 is 1.83 bits per heavy atom. The summed E-state index contributed by atoms with van der Waals surface area (Å²) in [5, 5.41) is 15.6. The van der Waals surface area contributed by atoms with E-state index in [9.17, 15) is 9.90 Å². The Balaban J connectivity index is 4.29. The predicted octanol–water partition coefficient (Wildman–Crippen LogP) is 4.23. The fourth-order valence-corrected chi connectivity index (χ4v) is 3.79. The Morgan fingerprint density at radius 1 is 0.767 bits per heavy atom. The lowest BCUT2D eigenvalue weighted by atomic mass is 10.0. The molecule has 0 aliphatic heterocycles. The highest BCUT2D eigenvalue weighted by atomic mass is 16.3. The highest BCUT2D eigenvalue weighted by Gasteiger charge is 2.13. The number of carbonyl (C=O) groups is 1. The molecule has 30 heavy (non-hydrogen) atoms. The number of aliphatic hydroxyl groups excluding tert-OH is 1. The van der Waals surface area contributed by atoms with E-state index in [2.05, 4.69) is 48.1 Å². The summed E-state index contributed by atoms with van der Waals surface area (Å²) in [5.74, 6) is 0. The number of amides is 2. The molecule has 0 saturated heterocycles. The van der Waals surface area contributed by atoms with Crippen molar-refractivity contribution < 1.29 is 9.90 Å². The first-order valence-electron chi connectivity index (χ1n) is 12.7. The van der Waals surface area contributed by atoms with E-state index in [0.717, 1.165) is 45.6 Å². The van der Waals surface area contributed by atoms with Crippen LogP contribution in [0.15, 0.2) is 0 Å². The molecule has 2 amide bonds. The Labute approximate surface area is 187 Å². The van der Waals surface area contributed by atoms with E-state index in [-0.39, 0.29) is 18.7 Å². The largest absolute Gasteiger partial charge is 0.395 e. The molecule has 0 saturated carbocycles. The van der Waals surface area contributed by atoms with Gasteiger partial charge in [0.05, 0.1) is 6.61 Å². The summed E-state index contributed by atoms with van der Waals surface area (Å²) >= 11 is 0. The number of hydrogen-bond donors (Lipinski definition) is 3. The molecule has 0 aromatic heterocycles. The van der Waals surface area contributed by atoms with Gasteiger partial charge in [0.1, 0.15) is 0 Å². The van der Waals surface area contributed by atoms with Crippen LogP contribution in [0.1, 0.15) is 91.9 Å². The quantitative estimate of drug-likeness (QED) is 0.239. The molecule has 0 unspecified atom stereocenters. The first-order valence-corrected chi connectivity index (χ1v) is 12.7. The van der Waals surface area contributed by atoms with Crippen LogP contribution in [0.25, 0.3) is 0 Å². The van der Waals surface area contributed by atoms with Gasteiger partial charge in [0.15, 0.2) is 0 Å². The van der Waals surface area contributed by atoms with Gasteiger partial charge in [-0.1, -0.05) is 79.1 Å². The number of hydrogen-bond acceptors (Lipinski definition) is 4. The minimum Gasteiger partial charge on any atom is -0.395 e. The number of likely N-dealkylation sites (N-methyl/N-ethyl adjacent to an activating group) is 1. The van der Waals surface area contributed by atoms with Crippen LogP contribution in [0, 0.1) is 0 Å². The van der Waals surface area contributed by atoms with Crippen molar-refractivity contribution in [3.63, 3.8) is 0 Å². The number of aliphatic hydroxyl groups is 1. The third-order valence-electron chi connectivity index (χ3n) is 5.90. The molecular formula is C24H52N4O2. The average Bonchev–Trinajstić information content (AvgIpc) is 2.74. The molecule has 0 radical (unpaired) electrons. The predicted molar refractivity (Wildman–Crippen MR) is 129 cm³/mol. The molecular weight excluding hydrogens is 376 g/mol. The van der Waals surface area contributed by atoms with Gasteiger partial charge in [-0.15, -0.1) is 0 Å². The maximum absolute atomic E-state index is 12.4. The van der Waals surface area contributed by atoms with Crippen LogP contribution in [0.4, 0.5) is 4.79 Å². The summed E-state index contributed by atoms with van der Waals surface area (Å²) in [6, 6.07) is 0.244. The molecule has 3 N–H and O–H groups in total. The van der Waals surface area contributed by atoms with Crippen molar-refractivity contribution in [3.05, 3.63) is 0 Å². The van der Waals surface area contributed by atoms with Crippen molar-refractivity contribution in [1.29, 1.82) is 0 Å². The van der Waals surface area contributed by atoms with Gasteiger partial charge in [-0.05, 0) is 25.9 Å². The molecule has 0 aromatic carbocycles. The molecule has 0 rings (SSSR count). The van der Waals surface area contributed by atoms with Crippen LogP contribution >= 0.6 is 0 Å². The fourth-order valence-electron chi connectivity index (χ4n) is 3.79. The first-order chi connectivity index (χ1) is 14.6. The SMILES string of the molecule is CCCCCCC(CCCCCC)NC(=O)NCCN(CCO)CCN(CC)CC. The number of unbranched alkanes of at least 4 members (excludes halogenated alkanes) is 6. The molecule has 0 atom stereocenters. The van der Waals surface area contributed by atoms with E-state index in [1.54, 1.807) is 0 Å². The van der Waals surface area contributed by atoms with Gasteiger partial charge < -0.3 is 20.6 Å². The summed E-state index contributed by atoms with van der Waals surface area (Å²) in [7, 11) is 0. The molecule has 0 heterocycles. The fraction of sp³-hybridized carbons (Fsp3) is 0.958. The number of carbonyl (C=O) groups excluding carboxylic acids is 1. The molecule has 0 bridgehead atoms. The topological polar surface area (TPSA) is 67.8 Å². The molecule has 0 aliphatic rings. The van der Waals surface area contributed by atoms with Crippen molar-refractivity contribution in [2.75, 3.05) is 52.4 Å². The van der Waals surface area contributed by atoms with E-state index < -0.39 is 0 Å². The molecule has 6 heteroatoms. The third kappa shape index (κ3) is 16.9. The minimum atomic E-state index is -0.0429. The van der Waals surface area contributed by atoms with E-state index in [1.165, 1.54) is 51.4 Å². The van der Waals surface area contributed by atoms with Crippen LogP contribution in [0.2, 0.25) is 0 Å². The maximum Gasteiger partial charge on any atom is 0.315 e. The summed E-state index contributed by atoms with van der Waals surface area (Å²) < 4.78 is 0. The smallest absolute Gasteiger partial charge is 0.315 e. The van der Waals surface area contributed by atoms with E-state index in [4.69, 9.17) is 0 Å². The van der Waals surface area contributed by atoms with Crippen molar-refractivity contribution in [1.82, 2.24) is 20.4 Å². The van der Waals surface area contributed by atoms with Gasteiger partial charge in [-0.3, -0.25) is 4.90 Å². The zero-order chi connectivity index (χ0) is 22.5. The van der Waals surface area contributed by atoms with Crippen LogP contribution in [-0.4, -0.2) is 79.4 Å². The molecule has 0 spiro atoms. The summed E-state index contributed by atoms with van der Waals surface area (Å²) in [4.78, 5) is 17.0. The molecule has 6 nitrogen and oxygen atoms in total. The Kier molecular flexibility index (Phi) is 20.8. The second-order valence-corrected chi connectivity index (χ2v) is 8.39. The van der Waals surface area contributed by atoms with Gasteiger partial charge in [0.25, 0.3) is 0 Å². The Bertz CT molecular complexity index is 366. The summed E-state index contributed by atoms with van der Waals surface area (Å²) in [5.41, 5.74) is 0. The molecule has 0 aliphatic carbocycles. The Morgan fingerprint density at radius 2 is 1.33 bits per heavy atom. The van der Waals surface area contributed by atoms with Gasteiger partial charge >= 0.3 is 6.03 Å². The van der Waals surface area contributed by atoms with Gasteiger partial charge in [-0.2, -0.15) is 0 Å². The lowest BCUT2D eigenvalue weighted by Gasteiger charge is -2.26. The number of nitrogens with one attached hydrogen (secondary N) is 2. The standard InChI is InChI=1S/C24H52N4O2/c1-5-9-11-13-15-23(16-14-12-10-6-2)26-24(30)25-17-18-28(21-22-29)20-19-27(7-3)8-4/h23,29H,5-22H2,1-4H3,(H2,25,26,30). The minimum absolute atomic E-state index is 0.0429. The number of rotatable bonds is 21.